The quantitative estimate of drug-likeness (QED) is 0.748. The number of amides is 1. The predicted molar refractivity (Wildman–Crippen MR) is 100 cm³/mol. The van der Waals surface area contributed by atoms with Gasteiger partial charge in [0.05, 0.1) is 11.9 Å². The highest BCUT2D eigenvalue weighted by Gasteiger charge is 2.22. The second-order valence-electron chi connectivity index (χ2n) is 6.49. The maximum atomic E-state index is 13.7. The van der Waals surface area contributed by atoms with Crippen LogP contribution in [0.1, 0.15) is 39.9 Å². The van der Waals surface area contributed by atoms with Crippen LogP contribution < -0.4 is 5.32 Å². The number of fused-ring (bicyclic) bond motifs is 1. The molecule has 0 radical (unpaired) electrons. The first-order chi connectivity index (χ1) is 13.0. The second-order valence-corrected chi connectivity index (χ2v) is 6.93. The third kappa shape index (κ3) is 3.40. The van der Waals surface area contributed by atoms with Crippen molar-refractivity contribution >= 4 is 17.5 Å². The molecule has 1 N–H and O–H groups in total. The van der Waals surface area contributed by atoms with Crippen LogP contribution in [-0.2, 0) is 6.42 Å². The molecular formula is C20H16ClFN4O. The summed E-state index contributed by atoms with van der Waals surface area (Å²) in [6.07, 6.45) is 3.93. The van der Waals surface area contributed by atoms with E-state index in [4.69, 9.17) is 11.6 Å². The fourth-order valence-electron chi connectivity index (χ4n) is 3.33. The van der Waals surface area contributed by atoms with E-state index in [-0.39, 0.29) is 17.6 Å². The Morgan fingerprint density at radius 2 is 2.07 bits per heavy atom. The molecule has 3 aromatic rings. The third-order valence-corrected chi connectivity index (χ3v) is 4.98. The van der Waals surface area contributed by atoms with Crippen molar-refractivity contribution in [1.82, 2.24) is 20.5 Å². The fraction of sp³-hybridized carbons (Fsp3) is 0.200. The van der Waals surface area contributed by atoms with Gasteiger partial charge in [-0.05, 0) is 53.4 Å². The minimum atomic E-state index is -0.378. The van der Waals surface area contributed by atoms with Gasteiger partial charge in [-0.1, -0.05) is 18.5 Å². The highest BCUT2D eigenvalue weighted by Crippen LogP contribution is 2.30. The van der Waals surface area contributed by atoms with Crippen molar-refractivity contribution < 1.29 is 9.18 Å². The topological polar surface area (TPSA) is 67.8 Å². The molecule has 0 fully saturated rings. The maximum absolute atomic E-state index is 13.7. The van der Waals surface area contributed by atoms with Gasteiger partial charge in [-0.25, -0.2) is 4.39 Å². The molecule has 1 aliphatic rings. The Kier molecular flexibility index (Phi) is 4.58. The van der Waals surface area contributed by atoms with E-state index in [1.165, 1.54) is 12.1 Å². The smallest absolute Gasteiger partial charge is 0.251 e. The van der Waals surface area contributed by atoms with Crippen LogP contribution in [0.5, 0.6) is 0 Å². The number of nitrogens with zero attached hydrogens (tertiary/aromatic N) is 3. The molecule has 0 unspecified atom stereocenters. The van der Waals surface area contributed by atoms with Gasteiger partial charge in [-0.15, -0.1) is 5.10 Å². The highest BCUT2D eigenvalue weighted by atomic mass is 35.5. The molecule has 7 heteroatoms. The number of aromatic nitrogens is 3. The average molecular weight is 383 g/mol. The maximum Gasteiger partial charge on any atom is 0.251 e. The number of nitrogens with one attached hydrogen (secondary N) is 1. The second kappa shape index (κ2) is 7.04. The Hall–Kier alpha value is -2.86. The van der Waals surface area contributed by atoms with Crippen LogP contribution >= 0.6 is 11.6 Å². The van der Waals surface area contributed by atoms with Gasteiger partial charge in [0.15, 0.2) is 0 Å². The Morgan fingerprint density at radius 3 is 2.89 bits per heavy atom. The lowest BCUT2D eigenvalue weighted by Crippen LogP contribution is -2.32. The first-order valence-corrected chi connectivity index (χ1v) is 8.96. The van der Waals surface area contributed by atoms with E-state index in [2.05, 4.69) is 20.5 Å². The molecule has 1 aliphatic heterocycles. The van der Waals surface area contributed by atoms with E-state index in [1.807, 2.05) is 13.0 Å². The molecule has 3 heterocycles. The third-order valence-electron chi connectivity index (χ3n) is 4.76. The lowest BCUT2D eigenvalue weighted by atomic mass is 9.92. The number of hydrogen-bond donors (Lipinski definition) is 1. The van der Waals surface area contributed by atoms with Crippen molar-refractivity contribution in [2.75, 3.05) is 6.54 Å². The van der Waals surface area contributed by atoms with Gasteiger partial charge in [0.25, 0.3) is 5.91 Å². The van der Waals surface area contributed by atoms with E-state index >= 15 is 0 Å². The molecule has 4 rings (SSSR count). The summed E-state index contributed by atoms with van der Waals surface area (Å²) in [4.78, 5) is 16.5. The molecule has 5 nitrogen and oxygen atoms in total. The summed E-state index contributed by atoms with van der Waals surface area (Å²) in [7, 11) is 0. The molecule has 136 valence electrons. The highest BCUT2D eigenvalue weighted by molar-refractivity contribution is 6.30. The van der Waals surface area contributed by atoms with Gasteiger partial charge >= 0.3 is 0 Å². The minimum absolute atomic E-state index is 0.105. The van der Waals surface area contributed by atoms with E-state index in [0.717, 1.165) is 16.7 Å². The van der Waals surface area contributed by atoms with E-state index in [0.29, 0.717) is 34.9 Å². The van der Waals surface area contributed by atoms with E-state index < -0.39 is 0 Å². The van der Waals surface area contributed by atoms with E-state index in [1.54, 1.807) is 24.5 Å². The lowest BCUT2D eigenvalue weighted by Gasteiger charge is -2.19. The van der Waals surface area contributed by atoms with Crippen LogP contribution in [0.25, 0.3) is 11.4 Å². The van der Waals surface area contributed by atoms with Gasteiger partial charge in [0.2, 0.25) is 0 Å². The molecular weight excluding hydrogens is 367 g/mol. The molecule has 0 saturated carbocycles. The SMILES string of the molecule is C[C@H](c1cc(F)cc(Cl)c1)c1cnnc(-c2nccc3c2CCNC3=O)c1. The molecule has 1 atom stereocenters. The predicted octanol–water partition coefficient (Wildman–Crippen LogP) is 3.77. The molecule has 0 spiro atoms. The molecule has 0 saturated heterocycles. The molecule has 2 aromatic heterocycles. The fourth-order valence-corrected chi connectivity index (χ4v) is 3.56. The van der Waals surface area contributed by atoms with Crippen molar-refractivity contribution in [3.63, 3.8) is 0 Å². The van der Waals surface area contributed by atoms with Crippen molar-refractivity contribution in [2.45, 2.75) is 19.3 Å². The number of carbonyl (C=O) groups is 1. The zero-order chi connectivity index (χ0) is 19.0. The van der Waals surface area contributed by atoms with Crippen molar-refractivity contribution in [3.8, 4) is 11.4 Å². The number of carbonyl (C=O) groups excluding carboxylic acids is 1. The lowest BCUT2D eigenvalue weighted by molar-refractivity contribution is 0.0946. The zero-order valence-corrected chi connectivity index (χ0v) is 15.3. The summed E-state index contributed by atoms with van der Waals surface area (Å²) < 4.78 is 13.7. The Labute approximate surface area is 160 Å². The number of hydrogen-bond acceptors (Lipinski definition) is 4. The molecule has 1 aromatic carbocycles. The van der Waals surface area contributed by atoms with Crippen molar-refractivity contribution in [3.05, 3.63) is 75.8 Å². The van der Waals surface area contributed by atoms with Crippen LogP contribution in [0.4, 0.5) is 4.39 Å². The summed E-state index contributed by atoms with van der Waals surface area (Å²) in [6, 6.07) is 8.07. The number of halogens is 2. The summed E-state index contributed by atoms with van der Waals surface area (Å²) in [5.74, 6) is -0.613. The average Bonchev–Trinajstić information content (AvgIpc) is 2.67. The molecule has 0 aliphatic carbocycles. The monoisotopic (exact) mass is 382 g/mol. The number of benzene rings is 1. The number of pyridine rings is 1. The van der Waals surface area contributed by atoms with Crippen LogP contribution in [0, 0.1) is 5.82 Å². The minimum Gasteiger partial charge on any atom is -0.352 e. The van der Waals surface area contributed by atoms with Crippen LogP contribution in [0.2, 0.25) is 5.02 Å². The van der Waals surface area contributed by atoms with Crippen LogP contribution in [0.3, 0.4) is 0 Å². The first kappa shape index (κ1) is 17.5. The van der Waals surface area contributed by atoms with E-state index in [9.17, 15) is 9.18 Å². The standard InChI is InChI=1S/C20H16ClFN4O/c1-11(12-6-14(21)9-15(22)7-12)13-8-18(26-25-10-13)19-16-2-5-24-20(27)17(16)3-4-23-19/h3-4,6-11H,2,5H2,1H3,(H,24,27)/t11-/m1/s1. The normalized spacial score (nSPS) is 14.4. The summed E-state index contributed by atoms with van der Waals surface area (Å²) in [5.41, 5.74) is 4.34. The van der Waals surface area contributed by atoms with Gasteiger partial charge in [0.1, 0.15) is 11.5 Å². The zero-order valence-electron chi connectivity index (χ0n) is 14.5. The Bertz CT molecular complexity index is 1020. The van der Waals surface area contributed by atoms with Crippen molar-refractivity contribution in [1.29, 1.82) is 0 Å². The molecule has 27 heavy (non-hydrogen) atoms. The van der Waals surface area contributed by atoms with Gasteiger partial charge in [0, 0.05) is 29.2 Å². The molecule has 1 amide bonds. The number of rotatable bonds is 3. The van der Waals surface area contributed by atoms with Crippen LogP contribution in [0.15, 0.2) is 42.7 Å². The van der Waals surface area contributed by atoms with Crippen LogP contribution in [-0.4, -0.2) is 27.6 Å². The summed E-state index contributed by atoms with van der Waals surface area (Å²) in [6.45, 7) is 2.52. The van der Waals surface area contributed by atoms with Gasteiger partial charge in [-0.3, -0.25) is 9.78 Å². The van der Waals surface area contributed by atoms with Gasteiger partial charge in [-0.2, -0.15) is 5.10 Å². The van der Waals surface area contributed by atoms with Crippen molar-refractivity contribution in [2.24, 2.45) is 0 Å². The summed E-state index contributed by atoms with van der Waals surface area (Å²) >= 11 is 5.99. The molecule has 0 bridgehead atoms. The summed E-state index contributed by atoms with van der Waals surface area (Å²) in [5, 5.41) is 11.5. The first-order valence-electron chi connectivity index (χ1n) is 8.58. The van der Waals surface area contributed by atoms with Gasteiger partial charge < -0.3 is 5.32 Å². The Balaban J connectivity index is 1.76. The largest absolute Gasteiger partial charge is 0.352 e. The Morgan fingerprint density at radius 1 is 1.22 bits per heavy atom.